The highest BCUT2D eigenvalue weighted by atomic mass is 79.9. The van der Waals surface area contributed by atoms with Crippen LogP contribution < -0.4 is 0 Å². The normalized spacial score (nSPS) is 11.3. The first-order chi connectivity index (χ1) is 14.0. The lowest BCUT2D eigenvalue weighted by atomic mass is 10.1. The van der Waals surface area contributed by atoms with Crippen molar-refractivity contribution in [2.24, 2.45) is 0 Å². The minimum absolute atomic E-state index is 0.553. The van der Waals surface area contributed by atoms with Gasteiger partial charge in [0.25, 0.3) is 0 Å². The van der Waals surface area contributed by atoms with Crippen LogP contribution in [0.3, 0.4) is 0 Å². The van der Waals surface area contributed by atoms with Crippen LogP contribution in [-0.2, 0) is 0 Å². The van der Waals surface area contributed by atoms with Crippen LogP contribution in [-0.4, -0.2) is 9.78 Å². The average molecular weight is 484 g/mol. The molecular weight excluding hydrogens is 467 g/mol. The second kappa shape index (κ2) is 8.58. The predicted octanol–water partition coefficient (Wildman–Crippen LogP) is 8.09. The lowest BCUT2D eigenvalue weighted by molar-refractivity contribution is 0.883. The largest absolute Gasteiger partial charge is 0.231 e. The van der Waals surface area contributed by atoms with E-state index in [-0.39, 0.29) is 0 Å². The SMILES string of the molecule is Cc1c(C=Cc2ccccc2)nn(-c2ccc(Cl)cc2Cl)c1-c1ccc(Br)cc1. The van der Waals surface area contributed by atoms with Gasteiger partial charge >= 0.3 is 0 Å². The Hall–Kier alpha value is -2.33. The number of benzene rings is 3. The summed E-state index contributed by atoms with van der Waals surface area (Å²) < 4.78 is 2.92. The molecule has 144 valence electrons. The fourth-order valence-electron chi connectivity index (χ4n) is 3.18. The van der Waals surface area contributed by atoms with Crippen LogP contribution >= 0.6 is 39.1 Å². The Balaban J connectivity index is 1.88. The van der Waals surface area contributed by atoms with E-state index in [2.05, 4.69) is 53.2 Å². The maximum absolute atomic E-state index is 6.51. The molecule has 0 aliphatic rings. The Kier molecular flexibility index (Phi) is 5.91. The van der Waals surface area contributed by atoms with Gasteiger partial charge in [-0.1, -0.05) is 87.7 Å². The molecule has 0 unspecified atom stereocenters. The van der Waals surface area contributed by atoms with Crippen LogP contribution in [0.25, 0.3) is 29.1 Å². The minimum Gasteiger partial charge on any atom is -0.231 e. The molecule has 1 aromatic heterocycles. The highest BCUT2D eigenvalue weighted by Crippen LogP contribution is 2.33. The van der Waals surface area contributed by atoms with Crippen LogP contribution in [0.2, 0.25) is 10.0 Å². The van der Waals surface area contributed by atoms with E-state index in [0.717, 1.165) is 38.2 Å². The van der Waals surface area contributed by atoms with Gasteiger partial charge in [-0.3, -0.25) is 0 Å². The van der Waals surface area contributed by atoms with Gasteiger partial charge in [0.15, 0.2) is 0 Å². The van der Waals surface area contributed by atoms with Crippen molar-refractivity contribution in [1.29, 1.82) is 0 Å². The van der Waals surface area contributed by atoms with Crippen molar-refractivity contribution in [2.45, 2.75) is 6.92 Å². The van der Waals surface area contributed by atoms with Crippen molar-refractivity contribution in [3.05, 3.63) is 104 Å². The minimum atomic E-state index is 0.553. The standard InChI is InChI=1S/C24H17BrCl2N2/c1-16-22(13-7-17-5-3-2-4-6-17)28-29(23-14-12-20(26)15-21(23)27)24(16)18-8-10-19(25)11-9-18/h2-15H,1H3. The van der Waals surface area contributed by atoms with Gasteiger partial charge in [0.05, 0.1) is 22.1 Å². The number of hydrogen-bond donors (Lipinski definition) is 0. The van der Waals surface area contributed by atoms with Crippen LogP contribution in [0.5, 0.6) is 0 Å². The molecule has 4 rings (SSSR count). The maximum Gasteiger partial charge on any atom is 0.0891 e. The van der Waals surface area contributed by atoms with Crippen LogP contribution in [0.4, 0.5) is 0 Å². The third-order valence-electron chi connectivity index (χ3n) is 4.65. The molecule has 5 heteroatoms. The Morgan fingerprint density at radius 1 is 0.897 bits per heavy atom. The molecular formula is C24H17BrCl2N2. The molecule has 0 saturated heterocycles. The van der Waals surface area contributed by atoms with E-state index in [1.54, 1.807) is 6.07 Å². The van der Waals surface area contributed by atoms with E-state index < -0.39 is 0 Å². The van der Waals surface area contributed by atoms with Crippen molar-refractivity contribution in [1.82, 2.24) is 9.78 Å². The number of hydrogen-bond acceptors (Lipinski definition) is 1. The second-order valence-corrected chi connectivity index (χ2v) is 8.38. The van der Waals surface area contributed by atoms with Crippen molar-refractivity contribution >= 4 is 51.3 Å². The van der Waals surface area contributed by atoms with Crippen LogP contribution in [0, 0.1) is 6.92 Å². The summed E-state index contributed by atoms with van der Waals surface area (Å²) in [6, 6.07) is 23.8. The Labute approximate surface area is 188 Å². The van der Waals surface area contributed by atoms with E-state index >= 15 is 0 Å². The molecule has 0 aliphatic heterocycles. The molecule has 0 fully saturated rings. The van der Waals surface area contributed by atoms with Gasteiger partial charge in [-0.15, -0.1) is 0 Å². The van der Waals surface area contributed by atoms with E-state index in [1.807, 2.05) is 53.2 Å². The van der Waals surface area contributed by atoms with Gasteiger partial charge in [-0.05, 0) is 48.9 Å². The fraction of sp³-hybridized carbons (Fsp3) is 0.0417. The van der Waals surface area contributed by atoms with Gasteiger partial charge in [0, 0.05) is 20.6 Å². The van der Waals surface area contributed by atoms with Gasteiger partial charge in [-0.2, -0.15) is 5.10 Å². The zero-order valence-corrected chi connectivity index (χ0v) is 18.7. The molecule has 0 saturated carbocycles. The van der Waals surface area contributed by atoms with E-state index in [4.69, 9.17) is 28.3 Å². The predicted molar refractivity (Wildman–Crippen MR) is 127 cm³/mol. The zero-order chi connectivity index (χ0) is 20.4. The number of halogens is 3. The summed E-state index contributed by atoms with van der Waals surface area (Å²) in [5.74, 6) is 0. The summed E-state index contributed by atoms with van der Waals surface area (Å²) in [6.07, 6.45) is 4.10. The lowest BCUT2D eigenvalue weighted by Crippen LogP contribution is -2.00. The van der Waals surface area contributed by atoms with E-state index in [9.17, 15) is 0 Å². The molecule has 0 amide bonds. The molecule has 4 aromatic rings. The number of aromatic nitrogens is 2. The summed E-state index contributed by atoms with van der Waals surface area (Å²) in [4.78, 5) is 0. The first kappa shape index (κ1) is 20.0. The molecule has 0 atom stereocenters. The van der Waals surface area contributed by atoms with Gasteiger partial charge in [-0.25, -0.2) is 4.68 Å². The van der Waals surface area contributed by atoms with Crippen molar-refractivity contribution in [3.63, 3.8) is 0 Å². The summed E-state index contributed by atoms with van der Waals surface area (Å²) in [5, 5.41) is 6.02. The summed E-state index contributed by atoms with van der Waals surface area (Å²) >= 11 is 16.1. The molecule has 0 N–H and O–H groups in total. The maximum atomic E-state index is 6.51. The highest BCUT2D eigenvalue weighted by molar-refractivity contribution is 9.10. The smallest absolute Gasteiger partial charge is 0.0891 e. The molecule has 1 heterocycles. The van der Waals surface area contributed by atoms with Crippen LogP contribution in [0.15, 0.2) is 77.3 Å². The molecule has 29 heavy (non-hydrogen) atoms. The molecule has 2 nitrogen and oxygen atoms in total. The molecule has 0 radical (unpaired) electrons. The molecule has 0 spiro atoms. The quantitative estimate of drug-likeness (QED) is 0.286. The Morgan fingerprint density at radius 2 is 1.62 bits per heavy atom. The highest BCUT2D eigenvalue weighted by Gasteiger charge is 2.18. The Morgan fingerprint density at radius 3 is 2.31 bits per heavy atom. The Bertz CT molecular complexity index is 1180. The first-order valence-corrected chi connectivity index (χ1v) is 10.6. The third kappa shape index (κ3) is 4.32. The van der Waals surface area contributed by atoms with Crippen molar-refractivity contribution < 1.29 is 0 Å². The lowest BCUT2D eigenvalue weighted by Gasteiger charge is -2.11. The summed E-state index contributed by atoms with van der Waals surface area (Å²) in [7, 11) is 0. The van der Waals surface area contributed by atoms with Crippen molar-refractivity contribution in [2.75, 3.05) is 0 Å². The molecule has 0 aliphatic carbocycles. The first-order valence-electron chi connectivity index (χ1n) is 9.07. The molecule has 0 bridgehead atoms. The van der Waals surface area contributed by atoms with E-state index in [0.29, 0.717) is 10.0 Å². The zero-order valence-electron chi connectivity index (χ0n) is 15.6. The van der Waals surface area contributed by atoms with Gasteiger partial charge in [0.2, 0.25) is 0 Å². The summed E-state index contributed by atoms with van der Waals surface area (Å²) in [6.45, 7) is 2.08. The van der Waals surface area contributed by atoms with Gasteiger partial charge < -0.3 is 0 Å². The monoisotopic (exact) mass is 482 g/mol. The fourth-order valence-corrected chi connectivity index (χ4v) is 3.94. The molecule has 3 aromatic carbocycles. The van der Waals surface area contributed by atoms with E-state index in [1.165, 1.54) is 0 Å². The summed E-state index contributed by atoms with van der Waals surface area (Å²) in [5.41, 5.74) is 5.92. The van der Waals surface area contributed by atoms with Gasteiger partial charge in [0.1, 0.15) is 0 Å². The van der Waals surface area contributed by atoms with Crippen LogP contribution in [0.1, 0.15) is 16.8 Å². The third-order valence-corrected chi connectivity index (χ3v) is 5.71. The average Bonchev–Trinajstić information content (AvgIpc) is 3.04. The number of nitrogens with zero attached hydrogens (tertiary/aromatic N) is 2. The van der Waals surface area contributed by atoms with Crippen molar-refractivity contribution in [3.8, 4) is 16.9 Å². The topological polar surface area (TPSA) is 17.8 Å². The second-order valence-electron chi connectivity index (χ2n) is 6.62. The number of rotatable bonds is 4.